The summed E-state index contributed by atoms with van der Waals surface area (Å²) in [5, 5.41) is 3.38. The maximum absolute atomic E-state index is 12.2. The van der Waals surface area contributed by atoms with E-state index in [0.29, 0.717) is 18.9 Å². The number of hydrogen-bond acceptors (Lipinski definition) is 6. The van der Waals surface area contributed by atoms with Crippen molar-refractivity contribution in [3.05, 3.63) is 59.5 Å². The van der Waals surface area contributed by atoms with Gasteiger partial charge < -0.3 is 9.73 Å². The zero-order valence-corrected chi connectivity index (χ0v) is 15.9. The molecule has 1 saturated heterocycles. The quantitative estimate of drug-likeness (QED) is 0.580. The molecule has 1 aromatic carbocycles. The lowest BCUT2D eigenvalue weighted by Crippen LogP contribution is -2.29. The molecule has 0 aliphatic carbocycles. The molecule has 2 heterocycles. The van der Waals surface area contributed by atoms with Gasteiger partial charge in [0.05, 0.1) is 17.5 Å². The normalized spacial score (nSPS) is 20.5. The molecule has 3 rings (SSSR count). The lowest BCUT2D eigenvalue weighted by molar-refractivity contribution is 0.360. The molecule has 0 bridgehead atoms. The first-order valence-electron chi connectivity index (χ1n) is 9.03. The third kappa shape index (κ3) is 5.41. The van der Waals surface area contributed by atoms with E-state index in [1.807, 2.05) is 49.4 Å². The van der Waals surface area contributed by atoms with E-state index in [2.05, 4.69) is 16.2 Å². The zero-order chi connectivity index (χ0) is 18.4. The zero-order valence-electron chi connectivity index (χ0n) is 15.1. The Balaban J connectivity index is 1.38. The molecule has 1 aliphatic rings. The van der Waals surface area contributed by atoms with Crippen molar-refractivity contribution in [1.82, 2.24) is 16.2 Å². The summed E-state index contributed by atoms with van der Waals surface area (Å²) in [4.78, 5) is 0. The van der Waals surface area contributed by atoms with E-state index in [1.165, 1.54) is 0 Å². The van der Waals surface area contributed by atoms with Gasteiger partial charge in [0.25, 0.3) is 0 Å². The summed E-state index contributed by atoms with van der Waals surface area (Å²) in [5.41, 5.74) is 7.27. The van der Waals surface area contributed by atoms with Gasteiger partial charge in [-0.1, -0.05) is 30.3 Å². The van der Waals surface area contributed by atoms with Crippen LogP contribution < -0.4 is 16.2 Å². The molecule has 2 atom stereocenters. The Morgan fingerprint density at radius 2 is 2.00 bits per heavy atom. The Kier molecular flexibility index (Phi) is 6.48. The number of furan rings is 1. The minimum atomic E-state index is -3.06. The molecule has 1 fully saturated rings. The van der Waals surface area contributed by atoms with Gasteiger partial charge in [0.15, 0.2) is 9.84 Å². The van der Waals surface area contributed by atoms with Crippen LogP contribution in [0.25, 0.3) is 0 Å². The van der Waals surface area contributed by atoms with Crippen LogP contribution in [0, 0.1) is 12.8 Å². The predicted molar refractivity (Wildman–Crippen MR) is 102 cm³/mol. The fourth-order valence-corrected chi connectivity index (χ4v) is 4.68. The van der Waals surface area contributed by atoms with Gasteiger partial charge in [0, 0.05) is 19.0 Å². The minimum Gasteiger partial charge on any atom is -0.465 e. The van der Waals surface area contributed by atoms with Gasteiger partial charge >= 0.3 is 0 Å². The lowest BCUT2D eigenvalue weighted by Gasteiger charge is -2.17. The number of rotatable bonds is 9. The first-order valence-corrected chi connectivity index (χ1v) is 10.9. The second-order valence-electron chi connectivity index (χ2n) is 6.85. The molecule has 6 nitrogen and oxygen atoms in total. The summed E-state index contributed by atoms with van der Waals surface area (Å²) in [6, 6.07) is 13.4. The number of nitrogens with one attached hydrogen (secondary N) is 3. The summed E-state index contributed by atoms with van der Waals surface area (Å²) in [7, 11) is -3.06. The van der Waals surface area contributed by atoms with E-state index < -0.39 is 9.84 Å². The van der Waals surface area contributed by atoms with E-state index in [0.717, 1.165) is 30.2 Å². The molecule has 1 aliphatic heterocycles. The molecule has 2 unspecified atom stereocenters. The van der Waals surface area contributed by atoms with Crippen LogP contribution in [0.3, 0.4) is 0 Å². The largest absolute Gasteiger partial charge is 0.465 e. The molecule has 26 heavy (non-hydrogen) atoms. The van der Waals surface area contributed by atoms with Crippen LogP contribution >= 0.6 is 0 Å². The van der Waals surface area contributed by atoms with Gasteiger partial charge in [-0.2, -0.15) is 0 Å². The fourth-order valence-electron chi connectivity index (χ4n) is 3.25. The molecule has 7 heteroatoms. The Labute approximate surface area is 155 Å². The number of benzene rings is 1. The molecule has 3 N–H and O–H groups in total. The Hall–Kier alpha value is -1.67. The molecule has 142 valence electrons. The standard InChI is InChI=1S/C19H27N3O3S/c1-15-8-9-18(25-15)19-17(13-21-22-19)12-20-10-5-11-26(23,24)14-16-6-3-2-4-7-16/h2-4,6-9,17,19-22H,5,10-14H2,1H3. The van der Waals surface area contributed by atoms with Crippen LogP contribution in [0.2, 0.25) is 0 Å². The van der Waals surface area contributed by atoms with Crippen molar-refractivity contribution >= 4 is 9.84 Å². The smallest absolute Gasteiger partial charge is 0.154 e. The summed E-state index contributed by atoms with van der Waals surface area (Å²) in [6.45, 7) is 4.29. The lowest BCUT2D eigenvalue weighted by atomic mass is 10.00. The van der Waals surface area contributed by atoms with Crippen LogP contribution in [0.4, 0.5) is 0 Å². The minimum absolute atomic E-state index is 0.115. The highest BCUT2D eigenvalue weighted by Crippen LogP contribution is 2.25. The van der Waals surface area contributed by atoms with E-state index in [1.54, 1.807) is 0 Å². The highest BCUT2D eigenvalue weighted by atomic mass is 32.2. The SMILES string of the molecule is Cc1ccc(C2NNCC2CNCCCS(=O)(=O)Cc2ccccc2)o1. The first kappa shape index (κ1) is 19.1. The van der Waals surface area contributed by atoms with Crippen LogP contribution in [0.15, 0.2) is 46.9 Å². The third-order valence-electron chi connectivity index (χ3n) is 4.61. The molecule has 1 aromatic heterocycles. The Morgan fingerprint density at radius 1 is 1.19 bits per heavy atom. The van der Waals surface area contributed by atoms with Crippen molar-refractivity contribution < 1.29 is 12.8 Å². The number of hydrogen-bond donors (Lipinski definition) is 3. The van der Waals surface area contributed by atoms with E-state index in [9.17, 15) is 8.42 Å². The Bertz CT molecular complexity index is 789. The molecule has 2 aromatic rings. The van der Waals surface area contributed by atoms with Crippen molar-refractivity contribution in [2.24, 2.45) is 5.92 Å². The summed E-state index contributed by atoms with van der Waals surface area (Å²) < 4.78 is 30.1. The van der Waals surface area contributed by atoms with E-state index >= 15 is 0 Å². The molecular formula is C19H27N3O3S. The highest BCUT2D eigenvalue weighted by Gasteiger charge is 2.30. The first-order chi connectivity index (χ1) is 12.5. The molecule has 0 radical (unpaired) electrons. The number of aryl methyl sites for hydroxylation is 1. The summed E-state index contributed by atoms with van der Waals surface area (Å²) >= 11 is 0. The maximum atomic E-state index is 12.2. The monoisotopic (exact) mass is 377 g/mol. The second kappa shape index (κ2) is 8.81. The van der Waals surface area contributed by atoms with E-state index in [4.69, 9.17) is 4.42 Å². The van der Waals surface area contributed by atoms with Gasteiger partial charge in [-0.15, -0.1) is 0 Å². The maximum Gasteiger partial charge on any atom is 0.154 e. The number of sulfone groups is 1. The summed E-state index contributed by atoms with van der Waals surface area (Å²) in [5.74, 6) is 2.52. The fraction of sp³-hybridized carbons (Fsp3) is 0.474. The van der Waals surface area contributed by atoms with Crippen LogP contribution in [0.5, 0.6) is 0 Å². The van der Waals surface area contributed by atoms with Crippen molar-refractivity contribution in [1.29, 1.82) is 0 Å². The average molecular weight is 378 g/mol. The van der Waals surface area contributed by atoms with Crippen molar-refractivity contribution in [3.63, 3.8) is 0 Å². The van der Waals surface area contributed by atoms with Crippen LogP contribution in [-0.2, 0) is 15.6 Å². The van der Waals surface area contributed by atoms with Gasteiger partial charge in [0.1, 0.15) is 11.5 Å². The molecule has 0 spiro atoms. The molecule has 0 saturated carbocycles. The second-order valence-corrected chi connectivity index (χ2v) is 9.03. The van der Waals surface area contributed by atoms with Crippen molar-refractivity contribution in [2.75, 3.05) is 25.4 Å². The molecule has 0 amide bonds. The van der Waals surface area contributed by atoms with Crippen molar-refractivity contribution in [2.45, 2.75) is 25.1 Å². The van der Waals surface area contributed by atoms with Crippen LogP contribution in [0.1, 0.15) is 29.5 Å². The third-order valence-corrected chi connectivity index (χ3v) is 6.29. The van der Waals surface area contributed by atoms with Gasteiger partial charge in [0.2, 0.25) is 0 Å². The van der Waals surface area contributed by atoms with Crippen LogP contribution in [-0.4, -0.2) is 33.8 Å². The Morgan fingerprint density at radius 3 is 2.73 bits per heavy atom. The van der Waals surface area contributed by atoms with Crippen molar-refractivity contribution in [3.8, 4) is 0 Å². The predicted octanol–water partition coefficient (Wildman–Crippen LogP) is 1.95. The highest BCUT2D eigenvalue weighted by molar-refractivity contribution is 7.90. The average Bonchev–Trinajstić information content (AvgIpc) is 3.23. The van der Waals surface area contributed by atoms with Gasteiger partial charge in [-0.3, -0.25) is 5.43 Å². The van der Waals surface area contributed by atoms with Gasteiger partial charge in [-0.05, 0) is 37.6 Å². The van der Waals surface area contributed by atoms with Gasteiger partial charge in [-0.25, -0.2) is 13.8 Å². The topological polar surface area (TPSA) is 83.4 Å². The molecular weight excluding hydrogens is 350 g/mol. The summed E-state index contributed by atoms with van der Waals surface area (Å²) in [6.07, 6.45) is 0.618. The van der Waals surface area contributed by atoms with E-state index in [-0.39, 0.29) is 17.5 Å². The number of hydrazine groups is 1.